The van der Waals surface area contributed by atoms with E-state index in [1.54, 1.807) is 13.0 Å². The van der Waals surface area contributed by atoms with Crippen LogP contribution in [0.3, 0.4) is 0 Å². The number of rotatable bonds is 0. The van der Waals surface area contributed by atoms with Crippen molar-refractivity contribution in [2.45, 2.75) is 37.8 Å². The molecule has 0 amide bonds. The summed E-state index contributed by atoms with van der Waals surface area (Å²) in [4.78, 5) is 11.9. The van der Waals surface area contributed by atoms with Gasteiger partial charge in [-0.1, -0.05) is 19.9 Å². The molecular formula is C11H14O4. The first kappa shape index (κ1) is 9.51. The average molecular weight is 210 g/mol. The average Bonchev–Trinajstić information content (AvgIpc) is 2.71. The van der Waals surface area contributed by atoms with Crippen LogP contribution in [-0.2, 0) is 14.3 Å². The molecule has 0 aromatic rings. The maximum absolute atomic E-state index is 11.9. The Balaban J connectivity index is 2.23. The van der Waals surface area contributed by atoms with E-state index in [4.69, 9.17) is 9.47 Å². The first-order valence-corrected chi connectivity index (χ1v) is 5.09. The fourth-order valence-corrected chi connectivity index (χ4v) is 2.85. The van der Waals surface area contributed by atoms with Crippen LogP contribution in [0.5, 0.6) is 0 Å². The number of hydrogen-bond acceptors (Lipinski definition) is 4. The molecule has 4 nitrogen and oxygen atoms in total. The van der Waals surface area contributed by atoms with Crippen molar-refractivity contribution in [3.05, 3.63) is 12.2 Å². The molecule has 0 bridgehead atoms. The van der Waals surface area contributed by atoms with Gasteiger partial charge in [-0.3, -0.25) is 4.79 Å². The van der Waals surface area contributed by atoms with Crippen molar-refractivity contribution in [2.75, 3.05) is 6.61 Å². The molecule has 3 aliphatic rings. The largest absolute Gasteiger partial charge is 0.362 e. The molecule has 1 spiro atoms. The molecule has 15 heavy (non-hydrogen) atoms. The van der Waals surface area contributed by atoms with Crippen molar-refractivity contribution < 1.29 is 19.4 Å². The fraction of sp³-hybridized carbons (Fsp3) is 0.727. The molecule has 2 fully saturated rings. The molecule has 1 N–H and O–H groups in total. The number of ether oxygens (including phenoxy) is 2. The molecule has 3 rings (SSSR count). The minimum absolute atomic E-state index is 0.190. The van der Waals surface area contributed by atoms with E-state index < -0.39 is 22.4 Å². The zero-order valence-corrected chi connectivity index (χ0v) is 9.03. The molecule has 2 heterocycles. The minimum Gasteiger partial charge on any atom is -0.362 e. The molecular weight excluding hydrogens is 196 g/mol. The first-order chi connectivity index (χ1) is 6.79. The Kier molecular flexibility index (Phi) is 1.30. The van der Waals surface area contributed by atoms with Crippen molar-refractivity contribution in [1.82, 2.24) is 0 Å². The second kappa shape index (κ2) is 2.05. The van der Waals surface area contributed by atoms with Gasteiger partial charge < -0.3 is 14.6 Å². The highest BCUT2D eigenvalue weighted by Crippen LogP contribution is 2.67. The van der Waals surface area contributed by atoms with E-state index in [9.17, 15) is 9.90 Å². The number of epoxide rings is 1. The quantitative estimate of drug-likeness (QED) is 0.588. The van der Waals surface area contributed by atoms with Crippen LogP contribution in [0, 0.1) is 5.41 Å². The smallest absolute Gasteiger partial charge is 0.216 e. The summed E-state index contributed by atoms with van der Waals surface area (Å²) in [5, 5.41) is 10.6. The summed E-state index contributed by atoms with van der Waals surface area (Å²) in [6.07, 6.45) is 3.18. The van der Waals surface area contributed by atoms with Crippen LogP contribution in [0.4, 0.5) is 0 Å². The third-order valence-electron chi connectivity index (χ3n) is 3.99. The zero-order chi connectivity index (χ0) is 11.1. The Morgan fingerprint density at radius 1 is 1.40 bits per heavy atom. The molecule has 0 saturated carbocycles. The molecule has 0 unspecified atom stereocenters. The topological polar surface area (TPSA) is 59.1 Å². The Labute approximate surface area is 87.9 Å². The van der Waals surface area contributed by atoms with Gasteiger partial charge in [0.1, 0.15) is 5.60 Å². The predicted octanol–water partition coefficient (Wildman–Crippen LogP) is 0.398. The first-order valence-electron chi connectivity index (χ1n) is 5.09. The number of carbonyl (C=O) groups excluding carboxylic acids is 1. The summed E-state index contributed by atoms with van der Waals surface area (Å²) in [5.74, 6) is -1.72. The summed E-state index contributed by atoms with van der Waals surface area (Å²) in [6, 6.07) is 0. The number of carbonyl (C=O) groups is 1. The number of ketones is 1. The Bertz CT molecular complexity index is 399. The summed E-state index contributed by atoms with van der Waals surface area (Å²) in [5.41, 5.74) is -2.44. The molecule has 3 atom stereocenters. The highest BCUT2D eigenvalue weighted by molar-refractivity contribution is 6.03. The van der Waals surface area contributed by atoms with E-state index >= 15 is 0 Å². The van der Waals surface area contributed by atoms with Gasteiger partial charge in [0.25, 0.3) is 0 Å². The van der Waals surface area contributed by atoms with E-state index in [1.807, 2.05) is 13.8 Å². The standard InChI is InChI=1S/C11H14O4/c1-8(2)5-4-7(12)10-9(3,15-10)6-14-11(8,10)13/h4-5,13H,6H2,1-3H3/t9-,10+,11+/m1/s1. The lowest BCUT2D eigenvalue weighted by atomic mass is 9.68. The third kappa shape index (κ3) is 0.697. The van der Waals surface area contributed by atoms with E-state index in [-0.39, 0.29) is 12.4 Å². The van der Waals surface area contributed by atoms with Gasteiger partial charge in [-0.15, -0.1) is 0 Å². The van der Waals surface area contributed by atoms with Crippen LogP contribution in [-0.4, -0.2) is 34.5 Å². The van der Waals surface area contributed by atoms with Crippen LogP contribution in [0.1, 0.15) is 20.8 Å². The van der Waals surface area contributed by atoms with Crippen molar-refractivity contribution in [1.29, 1.82) is 0 Å². The third-order valence-corrected chi connectivity index (χ3v) is 3.99. The van der Waals surface area contributed by atoms with Crippen LogP contribution >= 0.6 is 0 Å². The van der Waals surface area contributed by atoms with Crippen molar-refractivity contribution >= 4 is 5.78 Å². The maximum Gasteiger partial charge on any atom is 0.216 e. The van der Waals surface area contributed by atoms with Crippen LogP contribution in [0.25, 0.3) is 0 Å². The molecule has 2 saturated heterocycles. The lowest BCUT2D eigenvalue weighted by Gasteiger charge is -2.43. The highest BCUT2D eigenvalue weighted by atomic mass is 16.8. The van der Waals surface area contributed by atoms with E-state index in [1.165, 1.54) is 6.08 Å². The maximum atomic E-state index is 11.9. The van der Waals surface area contributed by atoms with E-state index in [0.29, 0.717) is 0 Å². The van der Waals surface area contributed by atoms with Crippen molar-refractivity contribution in [3.8, 4) is 0 Å². The van der Waals surface area contributed by atoms with Gasteiger partial charge in [0.2, 0.25) is 11.4 Å². The summed E-state index contributed by atoms with van der Waals surface area (Å²) in [6.45, 7) is 5.74. The fourth-order valence-electron chi connectivity index (χ4n) is 2.85. The predicted molar refractivity (Wildman–Crippen MR) is 51.1 cm³/mol. The number of aliphatic hydroxyl groups is 1. The zero-order valence-electron chi connectivity index (χ0n) is 9.03. The summed E-state index contributed by atoms with van der Waals surface area (Å²) < 4.78 is 11.0. The second-order valence-corrected chi connectivity index (χ2v) is 5.37. The lowest BCUT2D eigenvalue weighted by molar-refractivity contribution is -0.274. The second-order valence-electron chi connectivity index (χ2n) is 5.37. The van der Waals surface area contributed by atoms with Crippen LogP contribution in [0.15, 0.2) is 12.2 Å². The molecule has 2 aliphatic heterocycles. The van der Waals surface area contributed by atoms with Gasteiger partial charge in [0, 0.05) is 5.41 Å². The van der Waals surface area contributed by atoms with Gasteiger partial charge >= 0.3 is 0 Å². The SMILES string of the molecule is CC1(C)C=CC(=O)[C@]23O[C@]2(C)CO[C@@]13O. The normalized spacial score (nSPS) is 55.1. The van der Waals surface area contributed by atoms with Gasteiger partial charge in [0.15, 0.2) is 5.78 Å². The molecule has 82 valence electrons. The van der Waals surface area contributed by atoms with Gasteiger partial charge in [-0.05, 0) is 13.0 Å². The van der Waals surface area contributed by atoms with Crippen LogP contribution in [0.2, 0.25) is 0 Å². The van der Waals surface area contributed by atoms with Gasteiger partial charge in [-0.25, -0.2) is 0 Å². The Hall–Kier alpha value is -0.710. The van der Waals surface area contributed by atoms with Crippen molar-refractivity contribution in [2.24, 2.45) is 5.41 Å². The molecule has 0 radical (unpaired) electrons. The monoisotopic (exact) mass is 210 g/mol. The summed E-state index contributed by atoms with van der Waals surface area (Å²) >= 11 is 0. The van der Waals surface area contributed by atoms with Crippen LogP contribution < -0.4 is 0 Å². The lowest BCUT2D eigenvalue weighted by Crippen LogP contribution is -2.60. The van der Waals surface area contributed by atoms with Crippen molar-refractivity contribution in [3.63, 3.8) is 0 Å². The molecule has 1 aliphatic carbocycles. The molecule has 4 heteroatoms. The van der Waals surface area contributed by atoms with E-state index in [2.05, 4.69) is 0 Å². The Morgan fingerprint density at radius 2 is 2.07 bits per heavy atom. The van der Waals surface area contributed by atoms with Gasteiger partial charge in [-0.2, -0.15) is 0 Å². The minimum atomic E-state index is -1.53. The molecule has 0 aromatic heterocycles. The van der Waals surface area contributed by atoms with E-state index in [0.717, 1.165) is 0 Å². The summed E-state index contributed by atoms with van der Waals surface area (Å²) in [7, 11) is 0. The highest BCUT2D eigenvalue weighted by Gasteiger charge is 2.89. The number of hydrogen-bond donors (Lipinski definition) is 1. The Morgan fingerprint density at radius 3 is 2.60 bits per heavy atom. The molecule has 0 aromatic carbocycles. The van der Waals surface area contributed by atoms with Gasteiger partial charge in [0.05, 0.1) is 6.61 Å².